The summed E-state index contributed by atoms with van der Waals surface area (Å²) in [6, 6.07) is 10.2. The van der Waals surface area contributed by atoms with Crippen molar-refractivity contribution in [3.8, 4) is 0 Å². The Labute approximate surface area is 116 Å². The molecule has 18 heavy (non-hydrogen) atoms. The van der Waals surface area contributed by atoms with Crippen molar-refractivity contribution in [2.24, 2.45) is 12.8 Å². The Morgan fingerprint density at radius 2 is 2.00 bits per heavy atom. The minimum absolute atomic E-state index is 0.00241. The van der Waals surface area contributed by atoms with Crippen LogP contribution in [0.25, 0.3) is 0 Å². The van der Waals surface area contributed by atoms with Gasteiger partial charge in [-0.25, -0.2) is 0 Å². The van der Waals surface area contributed by atoms with Crippen LogP contribution in [0.3, 0.4) is 0 Å². The number of aryl methyl sites for hydroxylation is 2. The highest BCUT2D eigenvalue weighted by Crippen LogP contribution is 2.25. The topological polar surface area (TPSA) is 43.8 Å². The zero-order valence-corrected chi connectivity index (χ0v) is 12.3. The third kappa shape index (κ3) is 2.65. The largest absolute Gasteiger partial charge is 0.324 e. The van der Waals surface area contributed by atoms with Crippen molar-refractivity contribution in [2.75, 3.05) is 0 Å². The SMILES string of the molecule is CCc1nn(C)c(CC(N)c2ccccc2)c1Br. The molecular formula is C14H18BrN3. The molecule has 4 heteroatoms. The van der Waals surface area contributed by atoms with Gasteiger partial charge in [0.05, 0.1) is 15.9 Å². The van der Waals surface area contributed by atoms with Gasteiger partial charge in [0, 0.05) is 19.5 Å². The summed E-state index contributed by atoms with van der Waals surface area (Å²) in [5.74, 6) is 0. The van der Waals surface area contributed by atoms with E-state index in [-0.39, 0.29) is 6.04 Å². The molecule has 96 valence electrons. The van der Waals surface area contributed by atoms with E-state index in [1.807, 2.05) is 29.9 Å². The Balaban J connectivity index is 2.22. The van der Waals surface area contributed by atoms with Gasteiger partial charge in [0.25, 0.3) is 0 Å². The summed E-state index contributed by atoms with van der Waals surface area (Å²) >= 11 is 3.62. The van der Waals surface area contributed by atoms with Gasteiger partial charge in [0.1, 0.15) is 0 Å². The minimum Gasteiger partial charge on any atom is -0.324 e. The average molecular weight is 308 g/mol. The molecule has 0 amide bonds. The fraction of sp³-hybridized carbons (Fsp3) is 0.357. The third-order valence-electron chi connectivity index (χ3n) is 3.14. The molecule has 0 aliphatic rings. The maximum atomic E-state index is 6.25. The molecule has 1 heterocycles. The molecule has 0 fully saturated rings. The highest BCUT2D eigenvalue weighted by molar-refractivity contribution is 9.10. The summed E-state index contributed by atoms with van der Waals surface area (Å²) in [5.41, 5.74) is 9.66. The summed E-state index contributed by atoms with van der Waals surface area (Å²) in [6.45, 7) is 2.11. The van der Waals surface area contributed by atoms with Gasteiger partial charge in [0.2, 0.25) is 0 Å². The van der Waals surface area contributed by atoms with Gasteiger partial charge >= 0.3 is 0 Å². The Kier molecular flexibility index (Phi) is 4.19. The standard InChI is InChI=1S/C14H18BrN3/c1-3-12-14(15)13(18(2)17-12)9-11(16)10-7-5-4-6-8-10/h4-8,11H,3,9,16H2,1-2H3. The van der Waals surface area contributed by atoms with Crippen molar-refractivity contribution in [1.29, 1.82) is 0 Å². The van der Waals surface area contributed by atoms with Crippen LogP contribution in [0.2, 0.25) is 0 Å². The van der Waals surface area contributed by atoms with E-state index >= 15 is 0 Å². The molecule has 1 unspecified atom stereocenters. The molecule has 0 aliphatic carbocycles. The van der Waals surface area contributed by atoms with Gasteiger partial charge in [0.15, 0.2) is 0 Å². The first-order chi connectivity index (χ1) is 8.63. The summed E-state index contributed by atoms with van der Waals surface area (Å²) in [4.78, 5) is 0. The lowest BCUT2D eigenvalue weighted by molar-refractivity contribution is 0.637. The van der Waals surface area contributed by atoms with E-state index in [1.165, 1.54) is 0 Å². The van der Waals surface area contributed by atoms with Crippen LogP contribution >= 0.6 is 15.9 Å². The Bertz CT molecular complexity index is 519. The first-order valence-electron chi connectivity index (χ1n) is 6.14. The molecule has 0 bridgehead atoms. The van der Waals surface area contributed by atoms with E-state index in [1.54, 1.807) is 0 Å². The van der Waals surface area contributed by atoms with E-state index in [0.717, 1.165) is 34.3 Å². The fourth-order valence-corrected chi connectivity index (χ4v) is 2.85. The molecule has 0 radical (unpaired) electrons. The van der Waals surface area contributed by atoms with Crippen LogP contribution < -0.4 is 5.73 Å². The lowest BCUT2D eigenvalue weighted by Crippen LogP contribution is -2.15. The van der Waals surface area contributed by atoms with Crippen LogP contribution in [0.1, 0.15) is 29.9 Å². The molecule has 0 spiro atoms. The Hall–Kier alpha value is -1.13. The highest BCUT2D eigenvalue weighted by atomic mass is 79.9. The van der Waals surface area contributed by atoms with Crippen molar-refractivity contribution in [3.63, 3.8) is 0 Å². The lowest BCUT2D eigenvalue weighted by atomic mass is 10.0. The molecule has 1 aromatic heterocycles. The lowest BCUT2D eigenvalue weighted by Gasteiger charge is -2.12. The number of rotatable bonds is 4. The molecule has 1 atom stereocenters. The summed E-state index contributed by atoms with van der Waals surface area (Å²) in [5, 5.41) is 4.49. The monoisotopic (exact) mass is 307 g/mol. The fourth-order valence-electron chi connectivity index (χ4n) is 2.07. The maximum Gasteiger partial charge on any atom is 0.0766 e. The number of hydrogen-bond acceptors (Lipinski definition) is 2. The van der Waals surface area contributed by atoms with Crippen molar-refractivity contribution in [1.82, 2.24) is 9.78 Å². The number of halogens is 1. The Morgan fingerprint density at radius 1 is 1.33 bits per heavy atom. The average Bonchev–Trinajstić information content (AvgIpc) is 2.67. The second-order valence-corrected chi connectivity index (χ2v) is 5.20. The predicted octanol–water partition coefficient (Wildman–Crippen LogP) is 2.99. The summed E-state index contributed by atoms with van der Waals surface area (Å²) < 4.78 is 3.02. The van der Waals surface area contributed by atoms with Gasteiger partial charge in [-0.05, 0) is 27.9 Å². The van der Waals surface area contributed by atoms with E-state index in [2.05, 4.69) is 40.1 Å². The van der Waals surface area contributed by atoms with Gasteiger partial charge in [-0.15, -0.1) is 0 Å². The van der Waals surface area contributed by atoms with Crippen LogP contribution in [0.15, 0.2) is 34.8 Å². The van der Waals surface area contributed by atoms with E-state index in [0.29, 0.717) is 0 Å². The van der Waals surface area contributed by atoms with E-state index in [4.69, 9.17) is 5.73 Å². The second kappa shape index (κ2) is 5.67. The molecule has 1 aromatic carbocycles. The zero-order valence-electron chi connectivity index (χ0n) is 10.7. The van der Waals surface area contributed by atoms with Crippen molar-refractivity contribution in [2.45, 2.75) is 25.8 Å². The molecule has 0 saturated carbocycles. The number of benzene rings is 1. The first kappa shape index (κ1) is 13.3. The van der Waals surface area contributed by atoms with Crippen LogP contribution in [0.4, 0.5) is 0 Å². The summed E-state index contributed by atoms with van der Waals surface area (Å²) in [6.07, 6.45) is 1.71. The van der Waals surface area contributed by atoms with Crippen molar-refractivity contribution in [3.05, 3.63) is 51.8 Å². The molecule has 3 nitrogen and oxygen atoms in total. The van der Waals surface area contributed by atoms with Gasteiger partial charge in [-0.2, -0.15) is 5.10 Å². The maximum absolute atomic E-state index is 6.25. The van der Waals surface area contributed by atoms with E-state index in [9.17, 15) is 0 Å². The van der Waals surface area contributed by atoms with Crippen LogP contribution in [-0.4, -0.2) is 9.78 Å². The molecule has 0 saturated heterocycles. The van der Waals surface area contributed by atoms with Gasteiger partial charge < -0.3 is 5.73 Å². The highest BCUT2D eigenvalue weighted by Gasteiger charge is 2.16. The Morgan fingerprint density at radius 3 is 2.56 bits per heavy atom. The smallest absolute Gasteiger partial charge is 0.0766 e. The van der Waals surface area contributed by atoms with Gasteiger partial charge in [-0.3, -0.25) is 4.68 Å². The minimum atomic E-state index is 0.00241. The number of hydrogen-bond donors (Lipinski definition) is 1. The molecule has 2 N–H and O–H groups in total. The summed E-state index contributed by atoms with van der Waals surface area (Å²) in [7, 11) is 1.97. The van der Waals surface area contributed by atoms with Crippen LogP contribution in [0.5, 0.6) is 0 Å². The molecule has 2 rings (SSSR count). The van der Waals surface area contributed by atoms with Crippen molar-refractivity contribution < 1.29 is 0 Å². The van der Waals surface area contributed by atoms with Crippen molar-refractivity contribution >= 4 is 15.9 Å². The molecule has 0 aliphatic heterocycles. The van der Waals surface area contributed by atoms with Crippen LogP contribution in [-0.2, 0) is 19.9 Å². The quantitative estimate of drug-likeness (QED) is 0.943. The van der Waals surface area contributed by atoms with Crippen LogP contribution in [0, 0.1) is 0 Å². The molecule has 2 aromatic rings. The predicted molar refractivity (Wildman–Crippen MR) is 77.4 cm³/mol. The first-order valence-corrected chi connectivity index (χ1v) is 6.93. The van der Waals surface area contributed by atoms with E-state index < -0.39 is 0 Å². The zero-order chi connectivity index (χ0) is 13.1. The molecular weight excluding hydrogens is 290 g/mol. The second-order valence-electron chi connectivity index (χ2n) is 4.41. The third-order valence-corrected chi connectivity index (χ3v) is 4.06. The number of nitrogens with zero attached hydrogens (tertiary/aromatic N) is 2. The van der Waals surface area contributed by atoms with Gasteiger partial charge in [-0.1, -0.05) is 37.3 Å². The number of aromatic nitrogens is 2. The number of nitrogens with two attached hydrogens (primary N) is 1. The normalized spacial score (nSPS) is 12.7.